The predicted molar refractivity (Wildman–Crippen MR) is 88.5 cm³/mol. The van der Waals surface area contributed by atoms with E-state index in [1.165, 1.54) is 11.1 Å². The van der Waals surface area contributed by atoms with E-state index in [9.17, 15) is 0 Å². The molecule has 3 heteroatoms. The molecule has 0 aliphatic heterocycles. The van der Waals surface area contributed by atoms with E-state index in [2.05, 4.69) is 62.3 Å². The number of nitrogens with one attached hydrogen (secondary N) is 1. The molecule has 3 nitrogen and oxygen atoms in total. The van der Waals surface area contributed by atoms with E-state index in [0.29, 0.717) is 0 Å². The van der Waals surface area contributed by atoms with E-state index in [-0.39, 0.29) is 5.41 Å². The molecule has 0 aromatic heterocycles. The highest BCUT2D eigenvalue weighted by Gasteiger charge is 2.12. The molecule has 1 N–H and O–H groups in total. The van der Waals surface area contributed by atoms with Gasteiger partial charge in [-0.2, -0.15) is 0 Å². The van der Waals surface area contributed by atoms with Gasteiger partial charge in [-0.25, -0.2) is 0 Å². The smallest absolute Gasteiger partial charge is 0.193 e. The molecule has 0 saturated carbocycles. The molecule has 0 unspecified atom stereocenters. The first-order chi connectivity index (χ1) is 9.34. The van der Waals surface area contributed by atoms with Crippen LogP contribution in [0.25, 0.3) is 0 Å². The van der Waals surface area contributed by atoms with Crippen molar-refractivity contribution in [2.45, 2.75) is 39.5 Å². The van der Waals surface area contributed by atoms with Gasteiger partial charge in [0.2, 0.25) is 0 Å². The Kier molecular flexibility index (Phi) is 6.05. The highest BCUT2D eigenvalue weighted by Crippen LogP contribution is 2.22. The molecule has 0 atom stereocenters. The third-order valence-electron chi connectivity index (χ3n) is 3.24. The summed E-state index contributed by atoms with van der Waals surface area (Å²) in [5.41, 5.74) is 2.95. The van der Waals surface area contributed by atoms with Crippen molar-refractivity contribution in [3.8, 4) is 0 Å². The fraction of sp³-hybridized carbons (Fsp3) is 0.588. The molecule has 0 spiro atoms. The van der Waals surface area contributed by atoms with E-state index < -0.39 is 0 Å². The molecule has 0 aliphatic rings. The quantitative estimate of drug-likeness (QED) is 0.675. The number of hydrogen-bond donors (Lipinski definition) is 1. The lowest BCUT2D eigenvalue weighted by atomic mass is 9.86. The number of rotatable bonds is 4. The van der Waals surface area contributed by atoms with Crippen LogP contribution in [0.4, 0.5) is 0 Å². The third-order valence-corrected chi connectivity index (χ3v) is 3.24. The van der Waals surface area contributed by atoms with E-state index in [4.69, 9.17) is 0 Å². The molecule has 0 fully saturated rings. The molecule has 1 rings (SSSR count). The zero-order valence-electron chi connectivity index (χ0n) is 13.8. The molecule has 0 amide bonds. The zero-order valence-corrected chi connectivity index (χ0v) is 13.8. The van der Waals surface area contributed by atoms with Crippen LogP contribution in [0, 0.1) is 0 Å². The van der Waals surface area contributed by atoms with Crippen molar-refractivity contribution < 1.29 is 0 Å². The van der Waals surface area contributed by atoms with Crippen LogP contribution in [0.3, 0.4) is 0 Å². The summed E-state index contributed by atoms with van der Waals surface area (Å²) in [7, 11) is 4.03. The summed E-state index contributed by atoms with van der Waals surface area (Å²) < 4.78 is 0. The summed E-state index contributed by atoms with van der Waals surface area (Å²) in [4.78, 5) is 6.63. The molecule has 20 heavy (non-hydrogen) atoms. The average molecular weight is 275 g/mol. The van der Waals surface area contributed by atoms with Crippen LogP contribution in [0.1, 0.15) is 38.8 Å². The normalized spacial score (nSPS) is 12.4. The lowest BCUT2D eigenvalue weighted by Crippen LogP contribution is -2.36. The highest BCUT2D eigenvalue weighted by molar-refractivity contribution is 5.79. The first-order valence-corrected chi connectivity index (χ1v) is 7.39. The monoisotopic (exact) mass is 275 g/mol. The summed E-state index contributed by atoms with van der Waals surface area (Å²) in [6.07, 6.45) is 0.979. The lowest BCUT2D eigenvalue weighted by Gasteiger charge is -2.19. The standard InChI is InChI=1S/C17H29N3/c1-7-18-16(20(5)6)19-13-12-14-8-10-15(11-9-14)17(2,3)4/h8-11H,7,12-13H2,1-6H3,(H,18,19). The van der Waals surface area contributed by atoms with Crippen molar-refractivity contribution in [1.82, 2.24) is 10.2 Å². The van der Waals surface area contributed by atoms with Gasteiger partial charge in [0.25, 0.3) is 0 Å². The lowest BCUT2D eigenvalue weighted by molar-refractivity contribution is 0.583. The fourth-order valence-corrected chi connectivity index (χ4v) is 1.98. The topological polar surface area (TPSA) is 27.6 Å². The third kappa shape index (κ3) is 5.24. The van der Waals surface area contributed by atoms with Crippen molar-refractivity contribution in [3.63, 3.8) is 0 Å². The first-order valence-electron chi connectivity index (χ1n) is 7.39. The van der Waals surface area contributed by atoms with Gasteiger partial charge in [-0.15, -0.1) is 0 Å². The Morgan fingerprint density at radius 1 is 1.15 bits per heavy atom. The minimum atomic E-state index is 0.222. The van der Waals surface area contributed by atoms with Gasteiger partial charge >= 0.3 is 0 Å². The second-order valence-electron chi connectivity index (χ2n) is 6.33. The van der Waals surface area contributed by atoms with Crippen molar-refractivity contribution in [3.05, 3.63) is 35.4 Å². The molecular weight excluding hydrogens is 246 g/mol. The molecule has 0 bridgehead atoms. The summed E-state index contributed by atoms with van der Waals surface area (Å²) in [6, 6.07) is 8.91. The Hall–Kier alpha value is -1.51. The molecular formula is C17H29N3. The fourth-order valence-electron chi connectivity index (χ4n) is 1.98. The van der Waals surface area contributed by atoms with Crippen molar-refractivity contribution in [2.24, 2.45) is 4.99 Å². The largest absolute Gasteiger partial charge is 0.357 e. The van der Waals surface area contributed by atoms with E-state index in [1.54, 1.807) is 0 Å². The van der Waals surface area contributed by atoms with Crippen LogP contribution in [-0.2, 0) is 11.8 Å². The van der Waals surface area contributed by atoms with Crippen molar-refractivity contribution in [1.29, 1.82) is 0 Å². The molecule has 0 radical (unpaired) electrons. The van der Waals surface area contributed by atoms with Crippen molar-refractivity contribution >= 4 is 5.96 Å². The molecule has 0 heterocycles. The van der Waals surface area contributed by atoms with Crippen LogP contribution in [0.15, 0.2) is 29.3 Å². The summed E-state index contributed by atoms with van der Waals surface area (Å²) in [5.74, 6) is 0.957. The Bertz CT molecular complexity index is 425. The van der Waals surface area contributed by atoms with Crippen LogP contribution in [0.2, 0.25) is 0 Å². The molecule has 1 aromatic rings. The van der Waals surface area contributed by atoms with E-state index in [0.717, 1.165) is 25.5 Å². The second-order valence-corrected chi connectivity index (χ2v) is 6.33. The van der Waals surface area contributed by atoms with Gasteiger partial charge in [0, 0.05) is 27.2 Å². The van der Waals surface area contributed by atoms with E-state index in [1.807, 2.05) is 19.0 Å². The summed E-state index contributed by atoms with van der Waals surface area (Å²) >= 11 is 0. The van der Waals surface area contributed by atoms with Gasteiger partial charge < -0.3 is 10.2 Å². The van der Waals surface area contributed by atoms with Gasteiger partial charge in [0.05, 0.1) is 0 Å². The number of aliphatic imine (C=N–C) groups is 1. The molecule has 112 valence electrons. The van der Waals surface area contributed by atoms with Crippen LogP contribution < -0.4 is 5.32 Å². The first kappa shape index (κ1) is 16.5. The van der Waals surface area contributed by atoms with Crippen LogP contribution in [-0.4, -0.2) is 38.0 Å². The maximum absolute atomic E-state index is 4.61. The number of guanidine groups is 1. The minimum absolute atomic E-state index is 0.222. The number of hydrogen-bond acceptors (Lipinski definition) is 1. The highest BCUT2D eigenvalue weighted by atomic mass is 15.3. The molecule has 0 aliphatic carbocycles. The van der Waals surface area contributed by atoms with Crippen LogP contribution in [0.5, 0.6) is 0 Å². The Morgan fingerprint density at radius 2 is 1.75 bits per heavy atom. The predicted octanol–water partition coefficient (Wildman–Crippen LogP) is 3.05. The zero-order chi connectivity index (χ0) is 15.2. The van der Waals surface area contributed by atoms with Gasteiger partial charge in [-0.1, -0.05) is 45.0 Å². The molecule has 1 aromatic carbocycles. The SMILES string of the molecule is CCNC(=NCCc1ccc(C(C)(C)C)cc1)N(C)C. The van der Waals surface area contributed by atoms with E-state index >= 15 is 0 Å². The number of benzene rings is 1. The average Bonchev–Trinajstić information content (AvgIpc) is 2.37. The van der Waals surface area contributed by atoms with Gasteiger partial charge in [0.15, 0.2) is 5.96 Å². The molecule has 0 saturated heterocycles. The van der Waals surface area contributed by atoms with Crippen molar-refractivity contribution in [2.75, 3.05) is 27.2 Å². The van der Waals surface area contributed by atoms with Gasteiger partial charge in [0.1, 0.15) is 0 Å². The summed E-state index contributed by atoms with van der Waals surface area (Å²) in [5, 5.41) is 3.27. The maximum atomic E-state index is 4.61. The minimum Gasteiger partial charge on any atom is -0.357 e. The summed E-state index contributed by atoms with van der Waals surface area (Å²) in [6.45, 7) is 10.5. The second kappa shape index (κ2) is 7.32. The van der Waals surface area contributed by atoms with Crippen LogP contribution >= 0.6 is 0 Å². The Labute approximate surface area is 124 Å². The maximum Gasteiger partial charge on any atom is 0.193 e. The van der Waals surface area contributed by atoms with Gasteiger partial charge in [-0.05, 0) is 29.9 Å². The Morgan fingerprint density at radius 3 is 2.20 bits per heavy atom. The van der Waals surface area contributed by atoms with Gasteiger partial charge in [-0.3, -0.25) is 4.99 Å². The Balaban J connectivity index is 2.60. The number of nitrogens with zero attached hydrogens (tertiary/aromatic N) is 2.